The zero-order valence-corrected chi connectivity index (χ0v) is 13.7. The molecule has 0 aliphatic carbocycles. The van der Waals surface area contributed by atoms with E-state index < -0.39 is 0 Å². The number of H-pyrrole nitrogens is 1. The minimum absolute atomic E-state index is 0.0507. The van der Waals surface area contributed by atoms with E-state index >= 15 is 0 Å². The van der Waals surface area contributed by atoms with Gasteiger partial charge < -0.3 is 19.4 Å². The summed E-state index contributed by atoms with van der Waals surface area (Å²) in [7, 11) is 3.22. The molecule has 1 saturated heterocycles. The number of likely N-dealkylation sites (tertiary alicyclic amines) is 1. The number of ether oxygens (including phenoxy) is 2. The Morgan fingerprint density at radius 2 is 2.04 bits per heavy atom. The molecule has 0 radical (unpaired) electrons. The van der Waals surface area contributed by atoms with Crippen LogP contribution in [0.3, 0.4) is 0 Å². The molecule has 1 amide bonds. The summed E-state index contributed by atoms with van der Waals surface area (Å²) in [5.41, 5.74) is 1.23. The second-order valence-electron chi connectivity index (χ2n) is 5.71. The van der Waals surface area contributed by atoms with E-state index in [0.29, 0.717) is 23.6 Å². The average Bonchev–Trinajstić information content (AvgIpc) is 3.10. The number of aromatic nitrogens is 1. The molecule has 0 saturated carbocycles. The second-order valence-corrected chi connectivity index (χ2v) is 5.71. The van der Waals surface area contributed by atoms with Crippen molar-refractivity contribution in [3.05, 3.63) is 58.0 Å². The minimum atomic E-state index is -0.221. The molecule has 0 spiro atoms. The molecule has 0 unspecified atom stereocenters. The van der Waals surface area contributed by atoms with Crippen molar-refractivity contribution in [1.29, 1.82) is 0 Å². The summed E-state index contributed by atoms with van der Waals surface area (Å²) in [5.74, 6) is 1.33. The fraction of sp³-hybridized carbons (Fsp3) is 0.333. The summed E-state index contributed by atoms with van der Waals surface area (Å²) >= 11 is 0. The van der Waals surface area contributed by atoms with Gasteiger partial charge in [0.25, 0.3) is 5.91 Å². The number of nitrogens with one attached hydrogen (secondary N) is 1. The normalized spacial score (nSPS) is 16.9. The van der Waals surface area contributed by atoms with Crippen LogP contribution in [0.15, 0.2) is 41.3 Å². The average molecular weight is 328 g/mol. The first-order valence-corrected chi connectivity index (χ1v) is 7.85. The van der Waals surface area contributed by atoms with Crippen LogP contribution < -0.4 is 15.0 Å². The van der Waals surface area contributed by atoms with Gasteiger partial charge in [0.1, 0.15) is 11.5 Å². The Balaban J connectivity index is 1.92. The van der Waals surface area contributed by atoms with Gasteiger partial charge in [-0.05, 0) is 31.0 Å². The zero-order chi connectivity index (χ0) is 17.1. The minimum Gasteiger partial charge on any atom is -0.497 e. The van der Waals surface area contributed by atoms with E-state index in [1.54, 1.807) is 20.3 Å². The lowest BCUT2D eigenvalue weighted by atomic mass is 10.0. The van der Waals surface area contributed by atoms with Crippen LogP contribution in [0.2, 0.25) is 0 Å². The zero-order valence-electron chi connectivity index (χ0n) is 13.7. The Labute approximate surface area is 140 Å². The number of hydrogen-bond donors (Lipinski definition) is 1. The predicted molar refractivity (Wildman–Crippen MR) is 89.6 cm³/mol. The highest BCUT2D eigenvalue weighted by Gasteiger charge is 2.32. The van der Waals surface area contributed by atoms with Crippen LogP contribution in [0.1, 0.15) is 34.8 Å². The van der Waals surface area contributed by atoms with E-state index in [1.807, 2.05) is 23.1 Å². The SMILES string of the molecule is COc1ccc([C@@H]2CCCN2C(=O)c2ccc(=O)[nH]c2)c(OC)c1. The summed E-state index contributed by atoms with van der Waals surface area (Å²) in [5, 5.41) is 0. The highest BCUT2D eigenvalue weighted by molar-refractivity contribution is 5.94. The molecule has 3 rings (SSSR count). The molecule has 2 heterocycles. The van der Waals surface area contributed by atoms with Crippen LogP contribution in [-0.2, 0) is 0 Å². The maximum absolute atomic E-state index is 12.8. The monoisotopic (exact) mass is 328 g/mol. The molecule has 1 atom stereocenters. The van der Waals surface area contributed by atoms with Gasteiger partial charge in [0.05, 0.1) is 25.8 Å². The molecule has 6 heteroatoms. The molecule has 126 valence electrons. The van der Waals surface area contributed by atoms with Gasteiger partial charge in [-0.3, -0.25) is 9.59 Å². The van der Waals surface area contributed by atoms with Crippen molar-refractivity contribution in [2.24, 2.45) is 0 Å². The third-order valence-corrected chi connectivity index (χ3v) is 4.34. The molecule has 1 aliphatic rings. The molecule has 1 aromatic heterocycles. The van der Waals surface area contributed by atoms with Gasteiger partial charge in [0, 0.05) is 30.4 Å². The molecule has 2 aromatic rings. The van der Waals surface area contributed by atoms with Crippen LogP contribution in [0.4, 0.5) is 0 Å². The number of carbonyl (C=O) groups is 1. The molecule has 1 aromatic carbocycles. The van der Waals surface area contributed by atoms with E-state index in [2.05, 4.69) is 4.98 Å². The number of pyridine rings is 1. The first kappa shape index (κ1) is 16.1. The highest BCUT2D eigenvalue weighted by Crippen LogP contribution is 2.39. The van der Waals surface area contributed by atoms with Gasteiger partial charge in [0.2, 0.25) is 5.56 Å². The van der Waals surface area contributed by atoms with Crippen molar-refractivity contribution in [1.82, 2.24) is 9.88 Å². The van der Waals surface area contributed by atoms with Gasteiger partial charge in [0.15, 0.2) is 0 Å². The molecule has 1 N–H and O–H groups in total. The number of rotatable bonds is 4. The van der Waals surface area contributed by atoms with Gasteiger partial charge in [-0.1, -0.05) is 0 Å². The lowest BCUT2D eigenvalue weighted by Crippen LogP contribution is -2.31. The van der Waals surface area contributed by atoms with Crippen LogP contribution in [0.5, 0.6) is 11.5 Å². The lowest BCUT2D eigenvalue weighted by molar-refractivity contribution is 0.0733. The van der Waals surface area contributed by atoms with E-state index in [9.17, 15) is 9.59 Å². The summed E-state index contributed by atoms with van der Waals surface area (Å²) < 4.78 is 10.7. The Morgan fingerprint density at radius 3 is 2.71 bits per heavy atom. The van der Waals surface area contributed by atoms with Gasteiger partial charge in [-0.2, -0.15) is 0 Å². The van der Waals surface area contributed by atoms with Crippen molar-refractivity contribution in [2.75, 3.05) is 20.8 Å². The standard InChI is InChI=1S/C18H20N2O4/c1-23-13-6-7-14(16(10-13)24-2)15-4-3-9-20(15)18(22)12-5-8-17(21)19-11-12/h5-8,10-11,15H,3-4,9H2,1-2H3,(H,19,21)/t15-/m0/s1. The van der Waals surface area contributed by atoms with Crippen molar-refractivity contribution >= 4 is 5.91 Å². The van der Waals surface area contributed by atoms with Crippen molar-refractivity contribution < 1.29 is 14.3 Å². The van der Waals surface area contributed by atoms with E-state index in [-0.39, 0.29) is 17.5 Å². The van der Waals surface area contributed by atoms with Gasteiger partial charge in [-0.25, -0.2) is 0 Å². The van der Waals surface area contributed by atoms with Crippen LogP contribution in [-0.4, -0.2) is 36.6 Å². The fourth-order valence-electron chi connectivity index (χ4n) is 3.14. The first-order chi connectivity index (χ1) is 11.6. The number of methoxy groups -OCH3 is 2. The van der Waals surface area contributed by atoms with E-state index in [1.165, 1.54) is 12.3 Å². The quantitative estimate of drug-likeness (QED) is 0.935. The van der Waals surface area contributed by atoms with Gasteiger partial charge >= 0.3 is 0 Å². The maximum atomic E-state index is 12.8. The summed E-state index contributed by atoms with van der Waals surface area (Å²) in [6, 6.07) is 8.52. The number of carbonyl (C=O) groups excluding carboxylic acids is 1. The lowest BCUT2D eigenvalue weighted by Gasteiger charge is -2.26. The molecular formula is C18H20N2O4. The van der Waals surface area contributed by atoms with E-state index in [4.69, 9.17) is 9.47 Å². The van der Waals surface area contributed by atoms with Crippen LogP contribution >= 0.6 is 0 Å². The van der Waals surface area contributed by atoms with Crippen molar-refractivity contribution in [3.8, 4) is 11.5 Å². The predicted octanol–water partition coefficient (Wildman–Crippen LogP) is 2.37. The summed E-state index contributed by atoms with van der Waals surface area (Å²) in [6.45, 7) is 0.678. The highest BCUT2D eigenvalue weighted by atomic mass is 16.5. The van der Waals surface area contributed by atoms with E-state index in [0.717, 1.165) is 18.4 Å². The fourth-order valence-corrected chi connectivity index (χ4v) is 3.14. The molecule has 1 aliphatic heterocycles. The van der Waals surface area contributed by atoms with Crippen LogP contribution in [0, 0.1) is 0 Å². The molecule has 6 nitrogen and oxygen atoms in total. The number of benzene rings is 1. The maximum Gasteiger partial charge on any atom is 0.255 e. The molecule has 24 heavy (non-hydrogen) atoms. The third-order valence-electron chi connectivity index (χ3n) is 4.34. The Morgan fingerprint density at radius 1 is 1.21 bits per heavy atom. The number of hydrogen-bond acceptors (Lipinski definition) is 4. The molecule has 0 bridgehead atoms. The molecular weight excluding hydrogens is 308 g/mol. The summed E-state index contributed by atoms with van der Waals surface area (Å²) in [6.07, 6.45) is 3.26. The number of aromatic amines is 1. The number of amides is 1. The smallest absolute Gasteiger partial charge is 0.255 e. The third kappa shape index (κ3) is 2.99. The van der Waals surface area contributed by atoms with Crippen LogP contribution in [0.25, 0.3) is 0 Å². The Bertz CT molecular complexity index is 779. The summed E-state index contributed by atoms with van der Waals surface area (Å²) in [4.78, 5) is 28.4. The second kappa shape index (κ2) is 6.78. The topological polar surface area (TPSA) is 71.6 Å². The van der Waals surface area contributed by atoms with Crippen molar-refractivity contribution in [3.63, 3.8) is 0 Å². The largest absolute Gasteiger partial charge is 0.497 e. The molecule has 1 fully saturated rings. The van der Waals surface area contributed by atoms with Gasteiger partial charge in [-0.15, -0.1) is 0 Å². The Hall–Kier alpha value is -2.76. The van der Waals surface area contributed by atoms with Crippen molar-refractivity contribution in [2.45, 2.75) is 18.9 Å². The first-order valence-electron chi connectivity index (χ1n) is 7.85. The Kier molecular flexibility index (Phi) is 4.55. The number of nitrogens with zero attached hydrogens (tertiary/aromatic N) is 1.